The van der Waals surface area contributed by atoms with Crippen molar-refractivity contribution in [2.24, 2.45) is 10.2 Å². The molecule has 0 radical (unpaired) electrons. The Hall–Kier alpha value is -2.19. The zero-order chi connectivity index (χ0) is 14.4. The molecule has 102 valence electrons. The lowest BCUT2D eigenvalue weighted by Gasteiger charge is -1.99. The van der Waals surface area contributed by atoms with Gasteiger partial charge < -0.3 is 5.73 Å². The molecule has 0 aliphatic carbocycles. The summed E-state index contributed by atoms with van der Waals surface area (Å²) >= 11 is 1.27. The number of azo groups is 1. The van der Waals surface area contributed by atoms with E-state index in [1.54, 1.807) is 6.07 Å². The smallest absolute Gasteiger partial charge is 0.142 e. The van der Waals surface area contributed by atoms with E-state index in [1.165, 1.54) is 29.7 Å². The summed E-state index contributed by atoms with van der Waals surface area (Å²) in [6.07, 6.45) is 3.50. The first-order chi connectivity index (χ1) is 9.72. The van der Waals surface area contributed by atoms with E-state index in [2.05, 4.69) is 29.3 Å². The van der Waals surface area contributed by atoms with Gasteiger partial charge in [-0.2, -0.15) is 5.26 Å². The van der Waals surface area contributed by atoms with Crippen molar-refractivity contribution in [3.63, 3.8) is 0 Å². The molecule has 0 fully saturated rings. The quantitative estimate of drug-likeness (QED) is 0.788. The second kappa shape index (κ2) is 6.83. The van der Waals surface area contributed by atoms with E-state index in [0.717, 1.165) is 12.1 Å². The molecule has 0 amide bonds. The summed E-state index contributed by atoms with van der Waals surface area (Å²) in [5, 5.41) is 18.2. The number of rotatable bonds is 5. The van der Waals surface area contributed by atoms with Gasteiger partial charge in [0.15, 0.2) is 0 Å². The van der Waals surface area contributed by atoms with E-state index in [0.29, 0.717) is 15.6 Å². The SMILES string of the molecule is CCCCc1ccc(N=Nc2cc(C#N)c(N)s2)cc1. The molecule has 1 heterocycles. The number of nitriles is 1. The van der Waals surface area contributed by atoms with Crippen LogP contribution in [0.4, 0.5) is 15.7 Å². The lowest BCUT2D eigenvalue weighted by atomic mass is 10.1. The van der Waals surface area contributed by atoms with Crippen LogP contribution >= 0.6 is 11.3 Å². The van der Waals surface area contributed by atoms with E-state index in [9.17, 15) is 0 Å². The largest absolute Gasteiger partial charge is 0.389 e. The topological polar surface area (TPSA) is 74.5 Å². The van der Waals surface area contributed by atoms with Gasteiger partial charge in [-0.3, -0.25) is 0 Å². The summed E-state index contributed by atoms with van der Waals surface area (Å²) in [4.78, 5) is 0. The zero-order valence-corrected chi connectivity index (χ0v) is 12.2. The van der Waals surface area contributed by atoms with Gasteiger partial charge in [-0.1, -0.05) is 36.8 Å². The molecule has 20 heavy (non-hydrogen) atoms. The first-order valence-electron chi connectivity index (χ1n) is 6.53. The molecule has 4 nitrogen and oxygen atoms in total. The minimum Gasteiger partial charge on any atom is -0.389 e. The van der Waals surface area contributed by atoms with Crippen LogP contribution in [0.1, 0.15) is 30.9 Å². The predicted molar refractivity (Wildman–Crippen MR) is 82.7 cm³/mol. The number of unbranched alkanes of at least 4 members (excludes halogenated alkanes) is 1. The van der Waals surface area contributed by atoms with Gasteiger partial charge in [-0.15, -0.1) is 10.2 Å². The lowest BCUT2D eigenvalue weighted by Crippen LogP contribution is -1.82. The van der Waals surface area contributed by atoms with E-state index >= 15 is 0 Å². The Bertz CT molecular complexity index is 635. The average molecular weight is 284 g/mol. The number of thiophene rings is 1. The van der Waals surface area contributed by atoms with E-state index in [4.69, 9.17) is 11.0 Å². The van der Waals surface area contributed by atoms with Crippen LogP contribution in [0.3, 0.4) is 0 Å². The minimum atomic E-state index is 0.457. The number of nitrogens with zero attached hydrogens (tertiary/aromatic N) is 3. The van der Waals surface area contributed by atoms with Crippen molar-refractivity contribution in [2.45, 2.75) is 26.2 Å². The first-order valence-corrected chi connectivity index (χ1v) is 7.34. The zero-order valence-electron chi connectivity index (χ0n) is 11.3. The Labute approximate surface area is 122 Å². The molecule has 0 bridgehead atoms. The van der Waals surface area contributed by atoms with Crippen LogP contribution in [-0.4, -0.2) is 0 Å². The summed E-state index contributed by atoms with van der Waals surface area (Å²) in [6.45, 7) is 2.19. The molecule has 1 aromatic heterocycles. The van der Waals surface area contributed by atoms with Crippen molar-refractivity contribution < 1.29 is 0 Å². The summed E-state index contributed by atoms with van der Waals surface area (Å²) < 4.78 is 0. The highest BCUT2D eigenvalue weighted by Crippen LogP contribution is 2.32. The van der Waals surface area contributed by atoms with Crippen molar-refractivity contribution in [1.82, 2.24) is 0 Å². The standard InChI is InChI=1S/C15H16N4S/c1-2-3-4-11-5-7-13(8-6-11)18-19-14-9-12(10-16)15(17)20-14/h5-9H,2-4,17H2,1H3. The summed E-state index contributed by atoms with van der Waals surface area (Å²) in [6, 6.07) is 11.7. The summed E-state index contributed by atoms with van der Waals surface area (Å²) in [7, 11) is 0. The van der Waals surface area contributed by atoms with Crippen LogP contribution in [0.5, 0.6) is 0 Å². The number of hydrogen-bond acceptors (Lipinski definition) is 5. The molecule has 0 saturated carbocycles. The monoisotopic (exact) mass is 284 g/mol. The minimum absolute atomic E-state index is 0.457. The second-order valence-electron chi connectivity index (χ2n) is 4.44. The number of nitrogen functional groups attached to an aromatic ring is 1. The first kappa shape index (κ1) is 14.2. The van der Waals surface area contributed by atoms with Gasteiger partial charge in [0.1, 0.15) is 16.1 Å². The molecular formula is C15H16N4S. The maximum atomic E-state index is 8.82. The van der Waals surface area contributed by atoms with Crippen molar-refractivity contribution in [3.05, 3.63) is 41.5 Å². The normalized spacial score (nSPS) is 10.8. The molecule has 1 aromatic carbocycles. The average Bonchev–Trinajstić information content (AvgIpc) is 2.84. The molecule has 0 spiro atoms. The van der Waals surface area contributed by atoms with Gasteiger partial charge in [-0.05, 0) is 36.6 Å². The Morgan fingerprint density at radius 3 is 2.60 bits per heavy atom. The number of hydrogen-bond donors (Lipinski definition) is 1. The van der Waals surface area contributed by atoms with Crippen LogP contribution in [0.2, 0.25) is 0 Å². The maximum Gasteiger partial charge on any atom is 0.142 e. The summed E-state index contributed by atoms with van der Waals surface area (Å²) in [5.74, 6) is 0. The number of nitrogens with two attached hydrogens (primary N) is 1. The second-order valence-corrected chi connectivity index (χ2v) is 5.51. The highest BCUT2D eigenvalue weighted by Gasteiger charge is 2.04. The molecule has 0 saturated heterocycles. The molecule has 5 heteroatoms. The van der Waals surface area contributed by atoms with Crippen LogP contribution in [0.25, 0.3) is 0 Å². The Kier molecular flexibility index (Phi) is 4.85. The van der Waals surface area contributed by atoms with Crippen molar-refractivity contribution in [2.75, 3.05) is 5.73 Å². The number of aryl methyl sites for hydroxylation is 1. The van der Waals surface area contributed by atoms with Gasteiger partial charge in [0.2, 0.25) is 0 Å². The van der Waals surface area contributed by atoms with Crippen LogP contribution in [-0.2, 0) is 6.42 Å². The fourth-order valence-corrected chi connectivity index (χ4v) is 2.44. The third-order valence-corrected chi connectivity index (χ3v) is 3.74. The molecule has 0 atom stereocenters. The number of benzene rings is 1. The van der Waals surface area contributed by atoms with Crippen molar-refractivity contribution >= 4 is 27.0 Å². The third kappa shape index (κ3) is 3.65. The fraction of sp³-hybridized carbons (Fsp3) is 0.267. The predicted octanol–water partition coefficient (Wildman–Crippen LogP) is 4.96. The van der Waals surface area contributed by atoms with Crippen LogP contribution in [0, 0.1) is 11.3 Å². The van der Waals surface area contributed by atoms with Crippen molar-refractivity contribution in [3.8, 4) is 6.07 Å². The van der Waals surface area contributed by atoms with Gasteiger partial charge in [0, 0.05) is 0 Å². The van der Waals surface area contributed by atoms with Gasteiger partial charge >= 0.3 is 0 Å². The Morgan fingerprint density at radius 1 is 1.25 bits per heavy atom. The van der Waals surface area contributed by atoms with Crippen LogP contribution in [0.15, 0.2) is 40.6 Å². The molecule has 0 aliphatic rings. The van der Waals surface area contributed by atoms with E-state index < -0.39 is 0 Å². The molecule has 2 N–H and O–H groups in total. The molecule has 2 rings (SSSR count). The van der Waals surface area contributed by atoms with Crippen LogP contribution < -0.4 is 5.73 Å². The van der Waals surface area contributed by atoms with Gasteiger partial charge in [0.25, 0.3) is 0 Å². The Morgan fingerprint density at radius 2 is 2.00 bits per heavy atom. The van der Waals surface area contributed by atoms with Gasteiger partial charge in [0.05, 0.1) is 11.3 Å². The molecule has 0 aliphatic heterocycles. The molecule has 2 aromatic rings. The lowest BCUT2D eigenvalue weighted by molar-refractivity contribution is 0.795. The molecule has 0 unspecified atom stereocenters. The molecular weight excluding hydrogens is 268 g/mol. The van der Waals surface area contributed by atoms with Gasteiger partial charge in [-0.25, -0.2) is 0 Å². The van der Waals surface area contributed by atoms with Crippen molar-refractivity contribution in [1.29, 1.82) is 5.26 Å². The third-order valence-electron chi connectivity index (χ3n) is 2.89. The fourth-order valence-electron chi connectivity index (χ4n) is 1.75. The van der Waals surface area contributed by atoms with E-state index in [-0.39, 0.29) is 0 Å². The summed E-state index contributed by atoms with van der Waals surface area (Å²) in [5.41, 5.74) is 8.26. The number of anilines is 1. The maximum absolute atomic E-state index is 8.82. The Balaban J connectivity index is 2.05. The highest BCUT2D eigenvalue weighted by atomic mass is 32.1. The van der Waals surface area contributed by atoms with E-state index in [1.807, 2.05) is 18.2 Å². The highest BCUT2D eigenvalue weighted by molar-refractivity contribution is 7.19.